The SMILES string of the molecule is O=S(=O)([O-])C(F)(F)F.[C-]#[O+].[CH-]=CC=[CH-].[Ir+3].c1ccc(P(c2ccccc2)c2ccccc2)cc1.c1ccc(P(c2ccccc2)c2ccccc2)cc1. The van der Waals surface area contributed by atoms with E-state index in [1.54, 1.807) is 0 Å². The van der Waals surface area contributed by atoms with Crippen molar-refractivity contribution in [2.45, 2.75) is 5.51 Å². The summed E-state index contributed by atoms with van der Waals surface area (Å²) in [5, 5.41) is 8.39. The zero-order valence-corrected chi connectivity index (χ0v) is 33.0. The van der Waals surface area contributed by atoms with Crippen molar-refractivity contribution >= 4 is 57.8 Å². The van der Waals surface area contributed by atoms with E-state index in [0.717, 1.165) is 0 Å². The molecule has 0 bridgehead atoms. The van der Waals surface area contributed by atoms with E-state index in [1.807, 2.05) is 0 Å². The van der Waals surface area contributed by atoms with Crippen molar-refractivity contribution in [3.05, 3.63) is 214 Å². The molecule has 0 N–H and O–H groups in total. The summed E-state index contributed by atoms with van der Waals surface area (Å²) in [5.41, 5.74) is -5.65. The molecule has 0 amide bonds. The molecule has 0 aliphatic heterocycles. The molecule has 11 heteroatoms. The van der Waals surface area contributed by atoms with Crippen LogP contribution in [0.15, 0.2) is 194 Å². The Labute approximate surface area is 326 Å². The van der Waals surface area contributed by atoms with E-state index >= 15 is 0 Å². The standard InChI is InChI=1S/2C18H15P.C4H4.CHF3O3S.CO.Ir/c2*1-4-10-16(11-5-1)19(17-12-6-2-7-13-17)18-14-8-3-9-15-18;1-3-4-2;2-1(3,4)8(5,6)7;1-2;/h2*1-15H;1-4H;(H,5,6,7);;/q;;-2;;;+3/p-1. The molecule has 0 fully saturated rings. The molecule has 0 unspecified atom stereocenters. The molecule has 272 valence electrons. The predicted octanol–water partition coefficient (Wildman–Crippen LogP) is 7.87. The third-order valence-corrected chi connectivity index (χ3v) is 11.9. The van der Waals surface area contributed by atoms with E-state index in [1.165, 1.54) is 44.0 Å². The van der Waals surface area contributed by atoms with Gasteiger partial charge in [-0.2, -0.15) is 13.2 Å². The Morgan fingerprint density at radius 3 is 0.698 bits per heavy atom. The van der Waals surface area contributed by atoms with E-state index < -0.39 is 31.5 Å². The van der Waals surface area contributed by atoms with Gasteiger partial charge in [-0.25, -0.2) is 8.42 Å². The molecule has 6 aromatic carbocycles. The van der Waals surface area contributed by atoms with Crippen LogP contribution in [0.2, 0.25) is 0 Å². The van der Waals surface area contributed by atoms with Gasteiger partial charge in [0.1, 0.15) is 0 Å². The topological polar surface area (TPSA) is 77.1 Å². The van der Waals surface area contributed by atoms with Crippen LogP contribution in [-0.4, -0.2) is 18.5 Å². The molecule has 0 aliphatic rings. The molecule has 53 heavy (non-hydrogen) atoms. The molecule has 0 aromatic heterocycles. The first-order valence-electron chi connectivity index (χ1n) is 15.3. The van der Waals surface area contributed by atoms with Crippen molar-refractivity contribution in [2.24, 2.45) is 0 Å². The van der Waals surface area contributed by atoms with Crippen LogP contribution in [0.4, 0.5) is 13.2 Å². The van der Waals surface area contributed by atoms with Gasteiger partial charge in [0.05, 0.1) is 0 Å². The first kappa shape index (κ1) is 46.8. The van der Waals surface area contributed by atoms with Gasteiger partial charge >= 0.3 is 36.9 Å². The van der Waals surface area contributed by atoms with Gasteiger partial charge in [0.2, 0.25) is 0 Å². The second-order valence-corrected chi connectivity index (χ2v) is 15.8. The normalized spacial score (nSPS) is 10.1. The van der Waals surface area contributed by atoms with Crippen molar-refractivity contribution in [1.82, 2.24) is 0 Å². The van der Waals surface area contributed by atoms with Gasteiger partial charge in [-0.1, -0.05) is 182 Å². The van der Waals surface area contributed by atoms with E-state index in [9.17, 15) is 13.2 Å². The summed E-state index contributed by atoms with van der Waals surface area (Å²) in [6.07, 6.45) is 2.56. The van der Waals surface area contributed by atoms with Crippen molar-refractivity contribution in [1.29, 1.82) is 0 Å². The average molecular weight is 946 g/mol. The van der Waals surface area contributed by atoms with Crippen LogP contribution < -0.4 is 31.8 Å². The zero-order valence-electron chi connectivity index (χ0n) is 28.0. The molecule has 0 radical (unpaired) electrons. The van der Waals surface area contributed by atoms with Crippen molar-refractivity contribution in [3.63, 3.8) is 0 Å². The van der Waals surface area contributed by atoms with Gasteiger partial charge in [-0.3, -0.25) is 0 Å². The Morgan fingerprint density at radius 1 is 0.472 bits per heavy atom. The first-order chi connectivity index (χ1) is 25.1. The molecule has 6 aromatic rings. The zero-order chi connectivity index (χ0) is 38.2. The van der Waals surface area contributed by atoms with Gasteiger partial charge in [-0.05, 0) is 47.7 Å². The summed E-state index contributed by atoms with van der Waals surface area (Å²) < 4.78 is 66.4. The molecule has 0 aliphatic carbocycles. The number of rotatable bonds is 7. The van der Waals surface area contributed by atoms with E-state index in [4.69, 9.17) is 30.8 Å². The van der Waals surface area contributed by atoms with Crippen LogP contribution in [0, 0.1) is 19.8 Å². The fourth-order valence-electron chi connectivity index (χ4n) is 4.36. The molecule has 0 heterocycles. The minimum atomic E-state index is -6.09. The fourth-order valence-corrected chi connectivity index (χ4v) is 8.97. The van der Waals surface area contributed by atoms with Crippen LogP contribution in [-0.2, 0) is 34.9 Å². The summed E-state index contributed by atoms with van der Waals surface area (Å²) in [6.45, 7) is 13.9. The largest absolute Gasteiger partial charge is 3.00 e. The molecule has 6 rings (SSSR count). The predicted molar refractivity (Wildman–Crippen MR) is 208 cm³/mol. The second-order valence-electron chi connectivity index (χ2n) is 9.97. The number of benzene rings is 6. The Hall–Kier alpha value is -4.25. The maximum absolute atomic E-state index is 10.7. The maximum Gasteiger partial charge on any atom is 3.00 e. The van der Waals surface area contributed by atoms with Crippen LogP contribution >= 0.6 is 15.8 Å². The van der Waals surface area contributed by atoms with Crippen LogP contribution in [0.3, 0.4) is 0 Å². The third kappa shape index (κ3) is 16.5. The van der Waals surface area contributed by atoms with Gasteiger partial charge in [0.25, 0.3) is 0 Å². The van der Waals surface area contributed by atoms with E-state index in [0.29, 0.717) is 0 Å². The third-order valence-electron chi connectivity index (χ3n) is 6.48. The van der Waals surface area contributed by atoms with Crippen LogP contribution in [0.5, 0.6) is 0 Å². The summed E-state index contributed by atoms with van der Waals surface area (Å²) >= 11 is 0. The smallest absolute Gasteiger partial charge is 0.394 e. The molecule has 0 atom stereocenters. The summed E-state index contributed by atoms with van der Waals surface area (Å²) in [7, 11) is -6.98. The van der Waals surface area contributed by atoms with Gasteiger partial charge in [0, 0.05) is 0 Å². The molecule has 0 spiro atoms. The maximum atomic E-state index is 10.7. The van der Waals surface area contributed by atoms with Gasteiger partial charge in [0.15, 0.2) is 10.1 Å². The fraction of sp³-hybridized carbons (Fsp3) is 0.0238. The Balaban J connectivity index is 0.000000390. The molecular formula is C42H34F3IrO4P2S. The number of allylic oxidation sites excluding steroid dienone is 2. The van der Waals surface area contributed by atoms with E-state index in [-0.39, 0.29) is 20.1 Å². The first-order valence-corrected chi connectivity index (χ1v) is 19.4. The molecule has 4 nitrogen and oxygen atoms in total. The molecule has 0 saturated carbocycles. The summed E-state index contributed by atoms with van der Waals surface area (Å²) in [4.78, 5) is 0. The number of alkyl halides is 3. The Kier molecular flexibility index (Phi) is 22.7. The molecule has 0 saturated heterocycles. The van der Waals surface area contributed by atoms with Crippen LogP contribution in [0.25, 0.3) is 0 Å². The summed E-state index contributed by atoms with van der Waals surface area (Å²) in [6, 6.07) is 64.7. The van der Waals surface area contributed by atoms with Crippen molar-refractivity contribution < 1.29 is 50.9 Å². The van der Waals surface area contributed by atoms with Gasteiger partial charge in [-0.15, -0.1) is 0 Å². The van der Waals surface area contributed by atoms with Gasteiger partial charge < -0.3 is 29.9 Å². The minimum absolute atomic E-state index is 0. The Morgan fingerprint density at radius 2 is 0.604 bits per heavy atom. The average Bonchev–Trinajstić information content (AvgIpc) is 3.18. The second kappa shape index (κ2) is 25.7. The van der Waals surface area contributed by atoms with E-state index in [2.05, 4.69) is 189 Å². The van der Waals surface area contributed by atoms with Crippen molar-refractivity contribution in [2.75, 3.05) is 0 Å². The monoisotopic (exact) mass is 946 g/mol. The number of halogens is 3. The Bertz CT molecular complexity index is 1680. The quantitative estimate of drug-likeness (QED) is 0.0409. The number of hydrogen-bond acceptors (Lipinski definition) is 3. The molecular weight excluding hydrogens is 912 g/mol. The summed E-state index contributed by atoms with van der Waals surface area (Å²) in [5.74, 6) is 0. The minimum Gasteiger partial charge on any atom is -0.394 e. The van der Waals surface area contributed by atoms with Crippen LogP contribution in [0.1, 0.15) is 0 Å². The van der Waals surface area contributed by atoms with Crippen molar-refractivity contribution in [3.8, 4) is 0 Å². The number of hydrogen-bond donors (Lipinski definition) is 0.